The summed E-state index contributed by atoms with van der Waals surface area (Å²) in [5.74, 6) is 0.514. The minimum absolute atomic E-state index is 0.213. The Labute approximate surface area is 101 Å². The molecule has 2 rings (SSSR count). The SMILES string of the molecule is O=Cc1ccccc1N1CCC(CCF)CC1. The standard InChI is InChI=1S/C14H18FNO/c15-8-5-12-6-9-16(10-7-12)14-4-2-1-3-13(14)11-17/h1-4,11-12H,5-10H2. The minimum atomic E-state index is -0.213. The number of alkyl halides is 1. The topological polar surface area (TPSA) is 20.3 Å². The lowest BCUT2D eigenvalue weighted by Crippen LogP contribution is -2.34. The first-order valence-corrected chi connectivity index (χ1v) is 6.20. The average Bonchev–Trinajstić information content (AvgIpc) is 2.40. The van der Waals surface area contributed by atoms with Crippen LogP contribution < -0.4 is 4.90 Å². The molecule has 1 fully saturated rings. The van der Waals surface area contributed by atoms with Gasteiger partial charge in [0.15, 0.2) is 6.29 Å². The summed E-state index contributed by atoms with van der Waals surface area (Å²) in [4.78, 5) is 13.2. The predicted octanol–water partition coefficient (Wildman–Crippen LogP) is 3.08. The van der Waals surface area contributed by atoms with E-state index < -0.39 is 0 Å². The molecule has 0 amide bonds. The van der Waals surface area contributed by atoms with Crippen molar-refractivity contribution in [1.82, 2.24) is 0 Å². The van der Waals surface area contributed by atoms with Crippen LogP contribution in [0.15, 0.2) is 24.3 Å². The highest BCUT2D eigenvalue weighted by molar-refractivity contribution is 5.84. The number of rotatable bonds is 4. The zero-order valence-electron chi connectivity index (χ0n) is 9.94. The van der Waals surface area contributed by atoms with Crippen LogP contribution in [0, 0.1) is 5.92 Å². The monoisotopic (exact) mass is 235 g/mol. The predicted molar refractivity (Wildman–Crippen MR) is 67.4 cm³/mol. The van der Waals surface area contributed by atoms with Gasteiger partial charge in [-0.3, -0.25) is 9.18 Å². The highest BCUT2D eigenvalue weighted by Crippen LogP contribution is 2.26. The Hall–Kier alpha value is -1.38. The van der Waals surface area contributed by atoms with E-state index >= 15 is 0 Å². The van der Waals surface area contributed by atoms with Crippen molar-refractivity contribution in [2.45, 2.75) is 19.3 Å². The van der Waals surface area contributed by atoms with Crippen molar-refractivity contribution in [3.05, 3.63) is 29.8 Å². The maximum atomic E-state index is 12.3. The summed E-state index contributed by atoms with van der Waals surface area (Å²) in [6, 6.07) is 7.66. The van der Waals surface area contributed by atoms with Crippen LogP contribution >= 0.6 is 0 Å². The molecule has 0 N–H and O–H groups in total. The van der Waals surface area contributed by atoms with Crippen LogP contribution in [-0.2, 0) is 0 Å². The summed E-state index contributed by atoms with van der Waals surface area (Å²) in [5.41, 5.74) is 1.76. The summed E-state index contributed by atoms with van der Waals surface area (Å²) in [6.07, 6.45) is 3.64. The fourth-order valence-electron chi connectivity index (χ4n) is 2.49. The molecule has 0 aliphatic carbocycles. The number of halogens is 1. The van der Waals surface area contributed by atoms with Gasteiger partial charge in [0.1, 0.15) is 0 Å². The van der Waals surface area contributed by atoms with Crippen molar-refractivity contribution >= 4 is 12.0 Å². The van der Waals surface area contributed by atoms with E-state index in [-0.39, 0.29) is 6.67 Å². The number of carbonyl (C=O) groups excluding carboxylic acids is 1. The van der Waals surface area contributed by atoms with Crippen molar-refractivity contribution in [1.29, 1.82) is 0 Å². The normalized spacial score (nSPS) is 17.1. The zero-order chi connectivity index (χ0) is 12.1. The van der Waals surface area contributed by atoms with Gasteiger partial charge in [0.2, 0.25) is 0 Å². The van der Waals surface area contributed by atoms with Gasteiger partial charge in [0.25, 0.3) is 0 Å². The Bertz CT molecular complexity index is 372. The van der Waals surface area contributed by atoms with Crippen LogP contribution in [0.25, 0.3) is 0 Å². The molecule has 1 aliphatic rings. The van der Waals surface area contributed by atoms with E-state index in [1.807, 2.05) is 24.3 Å². The number of hydrogen-bond acceptors (Lipinski definition) is 2. The second-order valence-corrected chi connectivity index (χ2v) is 4.58. The summed E-state index contributed by atoms with van der Waals surface area (Å²) in [7, 11) is 0. The quantitative estimate of drug-likeness (QED) is 0.747. The van der Waals surface area contributed by atoms with Crippen LogP contribution in [-0.4, -0.2) is 26.1 Å². The first kappa shape index (κ1) is 12.1. The van der Waals surface area contributed by atoms with E-state index in [4.69, 9.17) is 0 Å². The molecule has 2 nitrogen and oxygen atoms in total. The second kappa shape index (κ2) is 5.80. The van der Waals surface area contributed by atoms with Crippen molar-refractivity contribution in [2.75, 3.05) is 24.7 Å². The first-order chi connectivity index (χ1) is 8.35. The Balaban J connectivity index is 2.02. The van der Waals surface area contributed by atoms with E-state index in [0.29, 0.717) is 12.3 Å². The molecule has 0 saturated carbocycles. The molecule has 1 aromatic carbocycles. The zero-order valence-corrected chi connectivity index (χ0v) is 9.94. The van der Waals surface area contributed by atoms with Gasteiger partial charge in [-0.1, -0.05) is 12.1 Å². The summed E-state index contributed by atoms with van der Waals surface area (Å²) in [5, 5.41) is 0. The van der Waals surface area contributed by atoms with Gasteiger partial charge in [0, 0.05) is 24.3 Å². The molecule has 0 aromatic heterocycles. The van der Waals surface area contributed by atoms with E-state index in [9.17, 15) is 9.18 Å². The molecule has 1 heterocycles. The molecule has 0 spiro atoms. The molecular weight excluding hydrogens is 217 g/mol. The van der Waals surface area contributed by atoms with Gasteiger partial charge in [-0.05, 0) is 37.3 Å². The largest absolute Gasteiger partial charge is 0.371 e. The van der Waals surface area contributed by atoms with Crippen LogP contribution in [0.3, 0.4) is 0 Å². The third-order valence-electron chi connectivity index (χ3n) is 3.54. The molecule has 0 atom stereocenters. The molecule has 0 radical (unpaired) electrons. The number of aldehydes is 1. The van der Waals surface area contributed by atoms with Crippen molar-refractivity contribution in [3.8, 4) is 0 Å². The maximum absolute atomic E-state index is 12.3. The molecule has 1 aromatic rings. The molecule has 1 aliphatic heterocycles. The third kappa shape index (κ3) is 2.84. The van der Waals surface area contributed by atoms with E-state index in [2.05, 4.69) is 4.90 Å². The molecule has 92 valence electrons. The summed E-state index contributed by atoms with van der Waals surface area (Å²) < 4.78 is 12.3. The lowest BCUT2D eigenvalue weighted by atomic mass is 9.93. The number of anilines is 1. The van der Waals surface area contributed by atoms with E-state index in [1.54, 1.807) is 0 Å². The first-order valence-electron chi connectivity index (χ1n) is 6.20. The Morgan fingerprint density at radius 2 is 2.00 bits per heavy atom. The van der Waals surface area contributed by atoms with E-state index in [1.165, 1.54) is 0 Å². The number of para-hydroxylation sites is 1. The fourth-order valence-corrected chi connectivity index (χ4v) is 2.49. The molecular formula is C14H18FNO. The average molecular weight is 235 g/mol. The summed E-state index contributed by atoms with van der Waals surface area (Å²) in [6.45, 7) is 1.64. The Kier molecular flexibility index (Phi) is 4.13. The third-order valence-corrected chi connectivity index (χ3v) is 3.54. The number of nitrogens with zero attached hydrogens (tertiary/aromatic N) is 1. The van der Waals surface area contributed by atoms with Crippen molar-refractivity contribution < 1.29 is 9.18 Å². The lowest BCUT2D eigenvalue weighted by molar-refractivity contribution is 0.112. The highest BCUT2D eigenvalue weighted by Gasteiger charge is 2.20. The number of piperidine rings is 1. The number of benzene rings is 1. The van der Waals surface area contributed by atoms with Gasteiger partial charge in [0.05, 0.1) is 6.67 Å². The Morgan fingerprint density at radius 1 is 1.29 bits per heavy atom. The minimum Gasteiger partial charge on any atom is -0.371 e. The molecule has 17 heavy (non-hydrogen) atoms. The Morgan fingerprint density at radius 3 is 2.65 bits per heavy atom. The van der Waals surface area contributed by atoms with Crippen LogP contribution in [0.2, 0.25) is 0 Å². The van der Waals surface area contributed by atoms with Gasteiger partial charge >= 0.3 is 0 Å². The van der Waals surface area contributed by atoms with Crippen molar-refractivity contribution in [3.63, 3.8) is 0 Å². The molecule has 0 unspecified atom stereocenters. The molecule has 1 saturated heterocycles. The lowest BCUT2D eigenvalue weighted by Gasteiger charge is -2.34. The number of carbonyl (C=O) groups is 1. The van der Waals surface area contributed by atoms with E-state index in [0.717, 1.165) is 43.5 Å². The van der Waals surface area contributed by atoms with Crippen LogP contribution in [0.4, 0.5) is 10.1 Å². The van der Waals surface area contributed by atoms with Crippen LogP contribution in [0.1, 0.15) is 29.6 Å². The molecule has 3 heteroatoms. The summed E-state index contributed by atoms with van der Waals surface area (Å²) >= 11 is 0. The highest BCUT2D eigenvalue weighted by atomic mass is 19.1. The van der Waals surface area contributed by atoms with Crippen molar-refractivity contribution in [2.24, 2.45) is 5.92 Å². The van der Waals surface area contributed by atoms with Gasteiger partial charge < -0.3 is 4.90 Å². The van der Waals surface area contributed by atoms with Gasteiger partial charge in [-0.2, -0.15) is 0 Å². The van der Waals surface area contributed by atoms with Gasteiger partial charge in [-0.15, -0.1) is 0 Å². The second-order valence-electron chi connectivity index (χ2n) is 4.58. The molecule has 0 bridgehead atoms. The maximum Gasteiger partial charge on any atom is 0.152 e. The smallest absolute Gasteiger partial charge is 0.152 e. The van der Waals surface area contributed by atoms with Gasteiger partial charge in [-0.25, -0.2) is 0 Å². The fraction of sp³-hybridized carbons (Fsp3) is 0.500. The van der Waals surface area contributed by atoms with Crippen LogP contribution in [0.5, 0.6) is 0 Å². The number of hydrogen-bond donors (Lipinski definition) is 0.